The third kappa shape index (κ3) is 7.63. The van der Waals surface area contributed by atoms with Gasteiger partial charge < -0.3 is 10.6 Å². The fourth-order valence-electron chi connectivity index (χ4n) is 2.37. The topological polar surface area (TPSA) is 61.4 Å². The van der Waals surface area contributed by atoms with Gasteiger partial charge in [-0.3, -0.25) is 14.5 Å². The van der Waals surface area contributed by atoms with E-state index in [-0.39, 0.29) is 24.3 Å². The molecule has 22 heavy (non-hydrogen) atoms. The molecule has 0 bridgehead atoms. The van der Waals surface area contributed by atoms with Crippen LogP contribution in [0.1, 0.15) is 26.7 Å². The van der Waals surface area contributed by atoms with Gasteiger partial charge in [-0.05, 0) is 25.3 Å². The van der Waals surface area contributed by atoms with Crippen molar-refractivity contribution in [2.75, 3.05) is 32.7 Å². The quantitative estimate of drug-likeness (QED) is 0.771. The zero-order valence-electron chi connectivity index (χ0n) is 13.0. The van der Waals surface area contributed by atoms with Crippen LogP contribution in [0, 0.1) is 11.8 Å². The largest absolute Gasteiger partial charge is 0.405 e. The molecular formula is C14H24F3N3O2. The highest BCUT2D eigenvalue weighted by atomic mass is 19.4. The van der Waals surface area contributed by atoms with Crippen molar-refractivity contribution < 1.29 is 22.8 Å². The highest BCUT2D eigenvalue weighted by molar-refractivity contribution is 5.78. The Kier molecular flexibility index (Phi) is 7.12. The van der Waals surface area contributed by atoms with Gasteiger partial charge in [0.25, 0.3) is 0 Å². The number of carbonyl (C=O) groups is 2. The number of rotatable bonds is 6. The minimum absolute atomic E-state index is 0.0138. The highest BCUT2D eigenvalue weighted by Gasteiger charge is 2.28. The van der Waals surface area contributed by atoms with Crippen LogP contribution in [0.3, 0.4) is 0 Å². The van der Waals surface area contributed by atoms with Crippen molar-refractivity contribution in [3.8, 4) is 0 Å². The van der Waals surface area contributed by atoms with Crippen LogP contribution in [-0.2, 0) is 9.59 Å². The summed E-state index contributed by atoms with van der Waals surface area (Å²) in [5, 5.41) is 4.73. The molecule has 1 heterocycles. The summed E-state index contributed by atoms with van der Waals surface area (Å²) in [6.07, 6.45) is -2.57. The van der Waals surface area contributed by atoms with E-state index in [1.807, 2.05) is 24.1 Å². The van der Waals surface area contributed by atoms with Crippen molar-refractivity contribution in [2.45, 2.75) is 32.9 Å². The first kappa shape index (κ1) is 18.7. The van der Waals surface area contributed by atoms with E-state index in [0.29, 0.717) is 19.6 Å². The van der Waals surface area contributed by atoms with Crippen LogP contribution in [0.25, 0.3) is 0 Å². The number of alkyl halides is 3. The van der Waals surface area contributed by atoms with Crippen LogP contribution in [0.5, 0.6) is 0 Å². The van der Waals surface area contributed by atoms with Gasteiger partial charge in [0.15, 0.2) is 0 Å². The lowest BCUT2D eigenvalue weighted by Crippen LogP contribution is -2.46. The lowest BCUT2D eigenvalue weighted by molar-refractivity contribution is -0.139. The SMILES string of the molecule is CC(C)C(=O)NC[C@H]1CCCN(CC(=O)NCC(F)(F)F)C1. The second-order valence-corrected chi connectivity index (χ2v) is 6.04. The highest BCUT2D eigenvalue weighted by Crippen LogP contribution is 2.16. The molecule has 1 fully saturated rings. The monoisotopic (exact) mass is 323 g/mol. The van der Waals surface area contributed by atoms with Crippen molar-refractivity contribution in [3.05, 3.63) is 0 Å². The van der Waals surface area contributed by atoms with Crippen LogP contribution < -0.4 is 10.6 Å². The van der Waals surface area contributed by atoms with Crippen LogP contribution in [0.4, 0.5) is 13.2 Å². The second-order valence-electron chi connectivity index (χ2n) is 6.04. The van der Waals surface area contributed by atoms with Crippen LogP contribution in [0.15, 0.2) is 0 Å². The Labute approximate surface area is 128 Å². The van der Waals surface area contributed by atoms with E-state index in [9.17, 15) is 22.8 Å². The van der Waals surface area contributed by atoms with E-state index in [1.165, 1.54) is 0 Å². The molecule has 2 N–H and O–H groups in total. The van der Waals surface area contributed by atoms with Gasteiger partial charge >= 0.3 is 6.18 Å². The molecule has 0 aromatic rings. The molecule has 0 radical (unpaired) electrons. The van der Waals surface area contributed by atoms with Crippen molar-refractivity contribution in [2.24, 2.45) is 11.8 Å². The first-order valence-electron chi connectivity index (χ1n) is 7.51. The molecule has 0 saturated carbocycles. The predicted molar refractivity (Wildman–Crippen MR) is 76.1 cm³/mol. The molecule has 1 saturated heterocycles. The Morgan fingerprint density at radius 3 is 2.55 bits per heavy atom. The molecule has 1 aliphatic heterocycles. The molecule has 8 heteroatoms. The van der Waals surface area contributed by atoms with Crippen molar-refractivity contribution in [1.29, 1.82) is 0 Å². The van der Waals surface area contributed by atoms with Gasteiger partial charge in [0.05, 0.1) is 6.54 Å². The summed E-state index contributed by atoms with van der Waals surface area (Å²) in [5.74, 6) is -0.482. The normalized spacial score (nSPS) is 20.0. The number of nitrogens with one attached hydrogen (secondary N) is 2. The molecule has 1 atom stereocenters. The predicted octanol–water partition coefficient (Wildman–Crippen LogP) is 1.15. The Hall–Kier alpha value is -1.31. The van der Waals surface area contributed by atoms with E-state index < -0.39 is 18.6 Å². The smallest absolute Gasteiger partial charge is 0.356 e. The van der Waals surface area contributed by atoms with Crippen molar-refractivity contribution >= 4 is 11.8 Å². The molecule has 128 valence electrons. The summed E-state index contributed by atoms with van der Waals surface area (Å²) < 4.78 is 36.1. The zero-order valence-corrected chi connectivity index (χ0v) is 13.0. The van der Waals surface area contributed by atoms with Gasteiger partial charge in [-0.1, -0.05) is 13.8 Å². The molecule has 0 aromatic heterocycles. The zero-order chi connectivity index (χ0) is 16.8. The van der Waals surface area contributed by atoms with E-state index in [0.717, 1.165) is 12.8 Å². The maximum Gasteiger partial charge on any atom is 0.405 e. The summed E-state index contributed by atoms with van der Waals surface area (Å²) in [6, 6.07) is 0. The fraction of sp³-hybridized carbons (Fsp3) is 0.857. The van der Waals surface area contributed by atoms with E-state index in [2.05, 4.69) is 5.32 Å². The van der Waals surface area contributed by atoms with Gasteiger partial charge in [0, 0.05) is 19.0 Å². The van der Waals surface area contributed by atoms with Crippen molar-refractivity contribution in [3.63, 3.8) is 0 Å². The molecule has 1 rings (SSSR count). The molecule has 0 aliphatic carbocycles. The number of carbonyl (C=O) groups excluding carboxylic acids is 2. The van der Waals surface area contributed by atoms with Crippen molar-refractivity contribution in [1.82, 2.24) is 15.5 Å². The molecule has 0 spiro atoms. The van der Waals surface area contributed by atoms with E-state index in [4.69, 9.17) is 0 Å². The van der Waals surface area contributed by atoms with E-state index in [1.54, 1.807) is 0 Å². The van der Waals surface area contributed by atoms with Crippen LogP contribution in [-0.4, -0.2) is 55.6 Å². The Balaban J connectivity index is 2.31. The maximum atomic E-state index is 12.0. The van der Waals surface area contributed by atoms with Gasteiger partial charge in [0.1, 0.15) is 6.54 Å². The van der Waals surface area contributed by atoms with Gasteiger partial charge in [0.2, 0.25) is 11.8 Å². The number of amides is 2. The molecule has 5 nitrogen and oxygen atoms in total. The first-order chi connectivity index (χ1) is 10.2. The van der Waals surface area contributed by atoms with E-state index >= 15 is 0 Å². The number of nitrogens with zero attached hydrogens (tertiary/aromatic N) is 1. The maximum absolute atomic E-state index is 12.0. The first-order valence-corrected chi connectivity index (χ1v) is 7.51. The second kappa shape index (κ2) is 8.36. The number of piperidine rings is 1. The van der Waals surface area contributed by atoms with Gasteiger partial charge in [-0.15, -0.1) is 0 Å². The molecule has 0 aromatic carbocycles. The summed E-state index contributed by atoms with van der Waals surface area (Å²) >= 11 is 0. The lowest BCUT2D eigenvalue weighted by Gasteiger charge is -2.32. The average Bonchev–Trinajstić information content (AvgIpc) is 2.42. The molecule has 0 unspecified atom stereocenters. The summed E-state index contributed by atoms with van der Waals surface area (Å²) in [7, 11) is 0. The third-order valence-electron chi connectivity index (χ3n) is 3.55. The minimum atomic E-state index is -4.39. The minimum Gasteiger partial charge on any atom is -0.356 e. The summed E-state index contributed by atoms with van der Waals surface area (Å²) in [6.45, 7) is 4.13. The lowest BCUT2D eigenvalue weighted by atomic mass is 9.97. The van der Waals surface area contributed by atoms with Crippen LogP contribution >= 0.6 is 0 Å². The standard InChI is InChI=1S/C14H24F3N3O2/c1-10(2)13(22)18-6-11-4-3-5-20(7-11)8-12(21)19-9-14(15,16)17/h10-11H,3-9H2,1-2H3,(H,18,22)(H,19,21)/t11-/m1/s1. The number of hydrogen-bond acceptors (Lipinski definition) is 3. The fourth-order valence-corrected chi connectivity index (χ4v) is 2.37. The number of hydrogen-bond donors (Lipinski definition) is 2. The number of likely N-dealkylation sites (tertiary alicyclic amines) is 1. The molecule has 1 aliphatic rings. The van der Waals surface area contributed by atoms with Crippen LogP contribution in [0.2, 0.25) is 0 Å². The Morgan fingerprint density at radius 2 is 1.95 bits per heavy atom. The average molecular weight is 323 g/mol. The number of halogens is 3. The third-order valence-corrected chi connectivity index (χ3v) is 3.55. The summed E-state index contributed by atoms with van der Waals surface area (Å²) in [4.78, 5) is 24.9. The van der Waals surface area contributed by atoms with Gasteiger partial charge in [-0.25, -0.2) is 0 Å². The molecular weight excluding hydrogens is 299 g/mol. The summed E-state index contributed by atoms with van der Waals surface area (Å²) in [5.41, 5.74) is 0. The van der Waals surface area contributed by atoms with Gasteiger partial charge in [-0.2, -0.15) is 13.2 Å². The molecule has 2 amide bonds. The Bertz CT molecular complexity index is 386. The Morgan fingerprint density at radius 1 is 1.27 bits per heavy atom.